The van der Waals surface area contributed by atoms with E-state index in [1.165, 1.54) is 11.3 Å². The first-order chi connectivity index (χ1) is 12.1. The van der Waals surface area contributed by atoms with Gasteiger partial charge in [-0.3, -0.25) is 5.32 Å². The fourth-order valence-electron chi connectivity index (χ4n) is 2.70. The summed E-state index contributed by atoms with van der Waals surface area (Å²) >= 11 is 13.6. The van der Waals surface area contributed by atoms with Gasteiger partial charge in [-0.05, 0) is 19.4 Å². The Hall–Kier alpha value is -1.35. The van der Waals surface area contributed by atoms with Crippen LogP contribution in [0, 0.1) is 0 Å². The molecule has 0 spiro atoms. The van der Waals surface area contributed by atoms with Crippen molar-refractivity contribution in [2.45, 2.75) is 19.8 Å². The first-order valence-electron chi connectivity index (χ1n) is 8.20. The molecule has 3 rings (SSSR count). The minimum atomic E-state index is -0.430. The summed E-state index contributed by atoms with van der Waals surface area (Å²) in [6, 6.07) is -0.430. The quantitative estimate of drug-likeness (QED) is 0.808. The average molecular weight is 403 g/mol. The number of piperazine rings is 1. The lowest BCUT2D eigenvalue weighted by Crippen LogP contribution is -2.46. The SMILES string of the molecule is CCN1CCN(c2nnc(NC(=O)NC3=C(Cl)CCC=C3Cl)s2)CC1. The maximum atomic E-state index is 12.2. The molecular weight excluding hydrogens is 383 g/mol. The number of hydrogen-bond acceptors (Lipinski definition) is 6. The number of carbonyl (C=O) groups is 1. The fraction of sp³-hybridized carbons (Fsp3) is 0.533. The normalized spacial score (nSPS) is 19.0. The van der Waals surface area contributed by atoms with Crippen molar-refractivity contribution in [3.63, 3.8) is 0 Å². The second-order valence-corrected chi connectivity index (χ2v) is 7.58. The van der Waals surface area contributed by atoms with Crippen LogP contribution < -0.4 is 15.5 Å². The predicted molar refractivity (Wildman–Crippen MR) is 102 cm³/mol. The Labute approximate surface area is 160 Å². The van der Waals surface area contributed by atoms with Crippen LogP contribution >= 0.6 is 34.5 Å². The van der Waals surface area contributed by atoms with E-state index in [4.69, 9.17) is 23.2 Å². The van der Waals surface area contributed by atoms with Crippen LogP contribution in [0.1, 0.15) is 19.8 Å². The second kappa shape index (κ2) is 8.35. The molecule has 1 aliphatic heterocycles. The van der Waals surface area contributed by atoms with E-state index in [1.54, 1.807) is 0 Å². The Morgan fingerprint density at radius 1 is 1.24 bits per heavy atom. The van der Waals surface area contributed by atoms with Crippen molar-refractivity contribution in [2.75, 3.05) is 42.9 Å². The van der Waals surface area contributed by atoms with Crippen LogP contribution in [-0.4, -0.2) is 53.9 Å². The van der Waals surface area contributed by atoms with Gasteiger partial charge in [-0.15, -0.1) is 10.2 Å². The van der Waals surface area contributed by atoms with E-state index in [9.17, 15) is 4.79 Å². The van der Waals surface area contributed by atoms with Gasteiger partial charge in [0.1, 0.15) is 0 Å². The molecular formula is C15H20Cl2N6OS. The van der Waals surface area contributed by atoms with Crippen molar-refractivity contribution in [1.29, 1.82) is 0 Å². The standard InChI is InChI=1S/C15H20Cl2N6OS/c1-2-22-6-8-23(9-7-22)15-21-20-14(25-15)19-13(24)18-12-10(16)4-3-5-11(12)17/h4H,2-3,5-9H2,1H3,(H2,18,19,20,24). The number of anilines is 2. The number of nitrogens with one attached hydrogen (secondary N) is 2. The molecule has 2 N–H and O–H groups in total. The summed E-state index contributed by atoms with van der Waals surface area (Å²) in [6.07, 6.45) is 3.28. The van der Waals surface area contributed by atoms with Gasteiger partial charge < -0.3 is 15.1 Å². The number of nitrogens with zero attached hydrogens (tertiary/aromatic N) is 4. The highest BCUT2D eigenvalue weighted by molar-refractivity contribution is 7.19. The maximum absolute atomic E-state index is 12.2. The highest BCUT2D eigenvalue weighted by Crippen LogP contribution is 2.29. The maximum Gasteiger partial charge on any atom is 0.325 e. The molecule has 1 aromatic heterocycles. The van der Waals surface area contributed by atoms with Crippen molar-refractivity contribution in [3.8, 4) is 0 Å². The summed E-state index contributed by atoms with van der Waals surface area (Å²) in [6.45, 7) is 7.08. The molecule has 1 aliphatic carbocycles. The molecule has 0 atom stereocenters. The highest BCUT2D eigenvalue weighted by Gasteiger charge is 2.20. The number of allylic oxidation sites excluding steroid dienone is 3. The third kappa shape index (κ3) is 4.63. The summed E-state index contributed by atoms with van der Waals surface area (Å²) in [7, 11) is 0. The lowest BCUT2D eigenvalue weighted by atomic mass is 10.1. The van der Waals surface area contributed by atoms with Crippen molar-refractivity contribution in [1.82, 2.24) is 20.4 Å². The first kappa shape index (κ1) is 18.4. The van der Waals surface area contributed by atoms with Crippen molar-refractivity contribution in [2.24, 2.45) is 0 Å². The molecule has 0 aromatic carbocycles. The summed E-state index contributed by atoms with van der Waals surface area (Å²) in [4.78, 5) is 16.7. The zero-order valence-corrected chi connectivity index (χ0v) is 16.2. The van der Waals surface area contributed by atoms with E-state index in [-0.39, 0.29) is 0 Å². The lowest BCUT2D eigenvalue weighted by molar-refractivity contribution is 0.254. The summed E-state index contributed by atoms with van der Waals surface area (Å²) in [5, 5.41) is 15.9. The Kier molecular flexibility index (Phi) is 6.16. The minimum Gasteiger partial charge on any atom is -0.344 e. The molecule has 2 amide bonds. The Bertz CT molecular complexity index is 696. The van der Waals surface area contributed by atoms with Crippen LogP contribution in [0.4, 0.5) is 15.1 Å². The van der Waals surface area contributed by atoms with Crippen LogP contribution in [0.25, 0.3) is 0 Å². The van der Waals surface area contributed by atoms with E-state index >= 15 is 0 Å². The number of carbonyl (C=O) groups excluding carboxylic acids is 1. The number of likely N-dealkylation sites (N-methyl/N-ethyl adjacent to an activating group) is 1. The van der Waals surface area contributed by atoms with Crippen LogP contribution in [0.5, 0.6) is 0 Å². The monoisotopic (exact) mass is 402 g/mol. The van der Waals surface area contributed by atoms with Gasteiger partial charge in [0.15, 0.2) is 0 Å². The molecule has 0 unspecified atom stereocenters. The molecule has 10 heteroatoms. The third-order valence-corrected chi connectivity index (χ3v) is 5.78. The summed E-state index contributed by atoms with van der Waals surface area (Å²) in [5.74, 6) is 0. The van der Waals surface area contributed by atoms with Crippen molar-refractivity contribution >= 4 is 50.8 Å². The van der Waals surface area contributed by atoms with Gasteiger partial charge in [-0.1, -0.05) is 47.5 Å². The molecule has 1 aromatic rings. The number of amides is 2. The van der Waals surface area contributed by atoms with Crippen LogP contribution in [-0.2, 0) is 0 Å². The zero-order valence-electron chi connectivity index (χ0n) is 13.9. The van der Waals surface area contributed by atoms with Gasteiger partial charge in [0.05, 0.1) is 10.7 Å². The predicted octanol–water partition coefficient (Wildman–Crippen LogP) is 3.17. The molecule has 7 nitrogen and oxygen atoms in total. The van der Waals surface area contributed by atoms with Gasteiger partial charge in [-0.25, -0.2) is 4.79 Å². The zero-order chi connectivity index (χ0) is 17.8. The number of urea groups is 1. The molecule has 2 aliphatic rings. The van der Waals surface area contributed by atoms with E-state index in [2.05, 4.69) is 37.6 Å². The molecule has 1 fully saturated rings. The van der Waals surface area contributed by atoms with Crippen molar-refractivity contribution < 1.29 is 4.79 Å². The van der Waals surface area contributed by atoms with Gasteiger partial charge in [0.2, 0.25) is 10.3 Å². The topological polar surface area (TPSA) is 73.4 Å². The smallest absolute Gasteiger partial charge is 0.325 e. The highest BCUT2D eigenvalue weighted by atomic mass is 35.5. The third-order valence-electron chi connectivity index (χ3n) is 4.16. The van der Waals surface area contributed by atoms with Gasteiger partial charge in [0, 0.05) is 31.2 Å². The number of hydrogen-bond donors (Lipinski definition) is 2. The summed E-state index contributed by atoms with van der Waals surface area (Å²) in [5.41, 5.74) is 0.451. The van der Waals surface area contributed by atoms with E-state index in [1.807, 2.05) is 6.08 Å². The second-order valence-electron chi connectivity index (χ2n) is 5.76. The minimum absolute atomic E-state index is 0.430. The Morgan fingerprint density at radius 2 is 2.00 bits per heavy atom. The number of halogens is 2. The molecule has 0 saturated carbocycles. The Morgan fingerprint density at radius 3 is 2.68 bits per heavy atom. The van der Waals surface area contributed by atoms with Crippen LogP contribution in [0.3, 0.4) is 0 Å². The van der Waals surface area contributed by atoms with Gasteiger partial charge in [-0.2, -0.15) is 0 Å². The average Bonchev–Trinajstić information content (AvgIpc) is 3.07. The molecule has 136 valence electrons. The first-order valence-corrected chi connectivity index (χ1v) is 9.77. The van der Waals surface area contributed by atoms with E-state index in [0.29, 0.717) is 27.3 Å². The molecule has 0 radical (unpaired) electrons. The molecule has 1 saturated heterocycles. The van der Waals surface area contributed by atoms with Crippen LogP contribution in [0.15, 0.2) is 21.8 Å². The molecule has 2 heterocycles. The number of aromatic nitrogens is 2. The van der Waals surface area contributed by atoms with Crippen molar-refractivity contribution in [3.05, 3.63) is 21.8 Å². The van der Waals surface area contributed by atoms with Crippen LogP contribution in [0.2, 0.25) is 0 Å². The summed E-state index contributed by atoms with van der Waals surface area (Å²) < 4.78 is 0. The van der Waals surface area contributed by atoms with E-state index < -0.39 is 6.03 Å². The fourth-order valence-corrected chi connectivity index (χ4v) is 4.07. The van der Waals surface area contributed by atoms with Gasteiger partial charge >= 0.3 is 6.03 Å². The number of rotatable bonds is 4. The van der Waals surface area contributed by atoms with E-state index in [0.717, 1.165) is 44.3 Å². The largest absolute Gasteiger partial charge is 0.344 e. The Balaban J connectivity index is 1.56. The molecule has 25 heavy (non-hydrogen) atoms. The lowest BCUT2D eigenvalue weighted by Gasteiger charge is -2.33. The molecule has 0 bridgehead atoms. The van der Waals surface area contributed by atoms with Gasteiger partial charge in [0.25, 0.3) is 0 Å².